The smallest absolute Gasteiger partial charge is 0.234 e. The van der Waals surface area contributed by atoms with Crippen molar-refractivity contribution in [1.29, 1.82) is 5.26 Å². The summed E-state index contributed by atoms with van der Waals surface area (Å²) in [6, 6.07) is 17.1. The zero-order chi connectivity index (χ0) is 31.6. The van der Waals surface area contributed by atoms with Gasteiger partial charge in [0.25, 0.3) is 0 Å². The molecule has 0 bridgehead atoms. The molecule has 1 atom stereocenters. The molecule has 0 fully saturated rings. The van der Waals surface area contributed by atoms with E-state index >= 15 is 0 Å². The summed E-state index contributed by atoms with van der Waals surface area (Å²) in [4.78, 5) is 39.3. The Morgan fingerprint density at radius 1 is 1.09 bits per heavy atom. The number of allylic oxidation sites excluding steroid dienone is 3. The average molecular weight is 628 g/mol. The van der Waals surface area contributed by atoms with Gasteiger partial charge in [-0.25, -0.2) is 0 Å². The van der Waals surface area contributed by atoms with Crippen LogP contribution < -0.4 is 21.3 Å². The molecule has 4 N–H and O–H groups in total. The van der Waals surface area contributed by atoms with E-state index in [1.165, 1.54) is 35.6 Å². The number of nitrogens with zero attached hydrogens (tertiary/aromatic N) is 4. The normalized spacial score (nSPS) is 17.7. The molecule has 5 rings (SSSR count). The van der Waals surface area contributed by atoms with Gasteiger partial charge in [0.2, 0.25) is 16.9 Å². The van der Waals surface area contributed by atoms with Gasteiger partial charge in [0.15, 0.2) is 10.1 Å². The van der Waals surface area contributed by atoms with Crippen molar-refractivity contribution in [1.82, 2.24) is 10.2 Å². The number of benzene rings is 2. The van der Waals surface area contributed by atoms with Gasteiger partial charge in [-0.1, -0.05) is 68.1 Å². The van der Waals surface area contributed by atoms with Gasteiger partial charge in [-0.2, -0.15) is 5.26 Å². The number of anilines is 3. The van der Waals surface area contributed by atoms with E-state index in [2.05, 4.69) is 33.8 Å². The zero-order valence-corrected chi connectivity index (χ0v) is 26.6. The first kappa shape index (κ1) is 31.0. The maximum Gasteiger partial charge on any atom is 0.234 e. The first-order chi connectivity index (χ1) is 21.0. The second-order valence-corrected chi connectivity index (χ2v) is 13.7. The molecule has 1 aliphatic heterocycles. The van der Waals surface area contributed by atoms with Crippen LogP contribution in [0.25, 0.3) is 0 Å². The number of Topliss-reactive ketones (excluding diaryl/α,β-unsaturated/α-hetero) is 1. The minimum Gasteiger partial charge on any atom is -0.384 e. The molecule has 0 spiro atoms. The number of carbonyl (C=O) groups excluding carboxylic acids is 3. The van der Waals surface area contributed by atoms with E-state index in [0.29, 0.717) is 44.8 Å². The summed E-state index contributed by atoms with van der Waals surface area (Å²) >= 11 is 2.47. The highest BCUT2D eigenvalue weighted by Crippen LogP contribution is 2.50. The quantitative estimate of drug-likeness (QED) is 0.266. The van der Waals surface area contributed by atoms with Crippen molar-refractivity contribution in [2.24, 2.45) is 11.1 Å². The van der Waals surface area contributed by atoms with E-state index in [9.17, 15) is 19.6 Å². The van der Waals surface area contributed by atoms with E-state index < -0.39 is 5.92 Å². The molecule has 2 aliphatic rings. The Bertz CT molecular complexity index is 1720. The molecule has 1 aliphatic carbocycles. The zero-order valence-electron chi connectivity index (χ0n) is 24.9. The van der Waals surface area contributed by atoms with Gasteiger partial charge >= 0.3 is 0 Å². The van der Waals surface area contributed by atoms with Crippen LogP contribution in [0.1, 0.15) is 57.6 Å². The second kappa shape index (κ2) is 12.6. The highest BCUT2D eigenvalue weighted by atomic mass is 32.2. The van der Waals surface area contributed by atoms with Crippen molar-refractivity contribution < 1.29 is 14.4 Å². The molecule has 2 aromatic carbocycles. The van der Waals surface area contributed by atoms with Gasteiger partial charge in [0, 0.05) is 36.0 Å². The number of aromatic nitrogens is 2. The van der Waals surface area contributed by atoms with Crippen LogP contribution in [-0.2, 0) is 20.8 Å². The van der Waals surface area contributed by atoms with Crippen molar-refractivity contribution >= 4 is 57.2 Å². The Morgan fingerprint density at radius 3 is 2.36 bits per heavy atom. The number of hydrogen-bond acceptors (Lipinski definition) is 10. The summed E-state index contributed by atoms with van der Waals surface area (Å²) in [6.07, 6.45) is 1.82. The lowest BCUT2D eigenvalue weighted by molar-refractivity contribution is -0.118. The van der Waals surface area contributed by atoms with Crippen molar-refractivity contribution in [3.8, 4) is 6.07 Å². The lowest BCUT2D eigenvalue weighted by atomic mass is 9.68. The maximum absolute atomic E-state index is 13.7. The second-order valence-electron chi connectivity index (χ2n) is 11.5. The molecular formula is C32H33N7O3S2. The van der Waals surface area contributed by atoms with Crippen LogP contribution >= 0.6 is 23.1 Å². The summed E-state index contributed by atoms with van der Waals surface area (Å²) in [5.74, 6) is -0.649. The van der Waals surface area contributed by atoms with Gasteiger partial charge in [-0.05, 0) is 53.6 Å². The molecule has 1 aromatic heterocycles. The largest absolute Gasteiger partial charge is 0.384 e. The van der Waals surface area contributed by atoms with E-state index in [4.69, 9.17) is 5.73 Å². The van der Waals surface area contributed by atoms with Gasteiger partial charge in [0.1, 0.15) is 5.82 Å². The Morgan fingerprint density at radius 2 is 1.75 bits per heavy atom. The lowest BCUT2D eigenvalue weighted by Gasteiger charge is -2.42. The van der Waals surface area contributed by atoms with Gasteiger partial charge < -0.3 is 16.4 Å². The van der Waals surface area contributed by atoms with Crippen LogP contribution in [0.3, 0.4) is 0 Å². The number of thioether (sulfide) groups is 1. The standard InChI is InChI=1S/C32H33N7O3S2/c1-5-19-6-8-20(9-7-19)27-23(16-33)29(34)39(24-14-32(3,4)15-25(41)28(24)27)30-37-38-31(44-30)43-17-26(42)36-22-12-10-21(11-13-22)35-18(2)40/h6-13,27H,5,14-15,17,34H2,1-4H3,(H,35,40)(H,36,42). The van der Waals surface area contributed by atoms with Crippen molar-refractivity contribution in [2.45, 2.75) is 57.2 Å². The maximum atomic E-state index is 13.7. The number of nitrogens with one attached hydrogen (secondary N) is 2. The first-order valence-corrected chi connectivity index (χ1v) is 16.0. The fourth-order valence-corrected chi connectivity index (χ4v) is 7.20. The van der Waals surface area contributed by atoms with Crippen LogP contribution in [-0.4, -0.2) is 33.5 Å². The Labute approximate surface area is 264 Å². The van der Waals surface area contributed by atoms with Crippen LogP contribution in [0.5, 0.6) is 0 Å². The topological polar surface area (TPSA) is 154 Å². The van der Waals surface area contributed by atoms with Crippen molar-refractivity contribution in [3.63, 3.8) is 0 Å². The van der Waals surface area contributed by atoms with Crippen LogP contribution in [0.4, 0.5) is 16.5 Å². The number of nitriles is 1. The molecule has 12 heteroatoms. The summed E-state index contributed by atoms with van der Waals surface area (Å²) in [5.41, 5.74) is 11.3. The SMILES string of the molecule is CCc1ccc(C2C(C#N)=C(N)N(c3nnc(SCC(=O)Nc4ccc(NC(C)=O)cc4)s3)C3=C2C(=O)CC(C)(C)C3)cc1. The highest BCUT2D eigenvalue weighted by Gasteiger charge is 2.45. The molecule has 1 unspecified atom stereocenters. The Kier molecular flexibility index (Phi) is 8.90. The molecule has 0 radical (unpaired) electrons. The third-order valence-electron chi connectivity index (χ3n) is 7.51. The number of amides is 2. The molecule has 0 saturated carbocycles. The van der Waals surface area contributed by atoms with E-state index in [1.807, 2.05) is 38.1 Å². The minimum atomic E-state index is -0.557. The third kappa shape index (κ3) is 6.54. The molecule has 44 heavy (non-hydrogen) atoms. The molecule has 10 nitrogen and oxygen atoms in total. The predicted molar refractivity (Wildman–Crippen MR) is 173 cm³/mol. The number of nitrogens with two attached hydrogens (primary N) is 1. The van der Waals surface area contributed by atoms with E-state index in [0.717, 1.165) is 17.7 Å². The number of rotatable bonds is 8. The van der Waals surface area contributed by atoms with Crippen LogP contribution in [0, 0.1) is 16.7 Å². The average Bonchev–Trinajstić information content (AvgIpc) is 3.44. The molecule has 0 saturated heterocycles. The molecule has 2 amide bonds. The van der Waals surface area contributed by atoms with Crippen molar-refractivity contribution in [2.75, 3.05) is 21.3 Å². The van der Waals surface area contributed by atoms with Crippen LogP contribution in [0.15, 0.2) is 75.5 Å². The fraction of sp³-hybridized carbons (Fsp3) is 0.312. The Balaban J connectivity index is 1.39. The number of hydrogen-bond donors (Lipinski definition) is 3. The molecule has 3 aromatic rings. The van der Waals surface area contributed by atoms with E-state index in [-0.39, 0.29) is 34.6 Å². The Hall–Kier alpha value is -4.47. The molecule has 2 heterocycles. The third-order valence-corrected chi connectivity index (χ3v) is 9.55. The number of aryl methyl sites for hydroxylation is 1. The summed E-state index contributed by atoms with van der Waals surface area (Å²) in [7, 11) is 0. The lowest BCUT2D eigenvalue weighted by Crippen LogP contribution is -2.42. The molecule has 226 valence electrons. The van der Waals surface area contributed by atoms with E-state index in [1.54, 1.807) is 29.2 Å². The number of carbonyl (C=O) groups is 3. The highest BCUT2D eigenvalue weighted by molar-refractivity contribution is 8.01. The minimum absolute atomic E-state index is 0.00744. The summed E-state index contributed by atoms with van der Waals surface area (Å²) in [6.45, 7) is 7.60. The summed E-state index contributed by atoms with van der Waals surface area (Å²) < 4.78 is 0.545. The van der Waals surface area contributed by atoms with Gasteiger partial charge in [0.05, 0.1) is 23.3 Å². The summed E-state index contributed by atoms with van der Waals surface area (Å²) in [5, 5.41) is 24.9. The van der Waals surface area contributed by atoms with Crippen molar-refractivity contribution in [3.05, 3.63) is 82.3 Å². The monoisotopic (exact) mass is 627 g/mol. The first-order valence-electron chi connectivity index (χ1n) is 14.2. The fourth-order valence-electron chi connectivity index (χ4n) is 5.52. The van der Waals surface area contributed by atoms with Gasteiger partial charge in [-0.3, -0.25) is 19.3 Å². The number of ketones is 1. The van der Waals surface area contributed by atoms with Gasteiger partial charge in [-0.15, -0.1) is 10.2 Å². The van der Waals surface area contributed by atoms with Crippen LogP contribution in [0.2, 0.25) is 0 Å². The molecular weight excluding hydrogens is 595 g/mol. The predicted octanol–water partition coefficient (Wildman–Crippen LogP) is 5.73.